The fraction of sp³-hybridized carbons (Fsp3) is 0.609. The Kier molecular flexibility index (Phi) is 6.60. The SMILES string of the molecule is CCC(C)(C)C1CCC2(CC1)NC(=O)N(CC(=O)N(C)Cc1ccccc1Br)C2=O. The van der Waals surface area contributed by atoms with E-state index in [0.29, 0.717) is 25.3 Å². The normalized spacial score (nSPS) is 24.3. The second-order valence-corrected chi connectivity index (χ2v) is 10.2. The van der Waals surface area contributed by atoms with Crippen molar-refractivity contribution >= 4 is 33.8 Å². The van der Waals surface area contributed by atoms with Crippen molar-refractivity contribution in [3.8, 4) is 0 Å². The molecule has 164 valence electrons. The lowest BCUT2D eigenvalue weighted by molar-refractivity contribution is -0.139. The van der Waals surface area contributed by atoms with Gasteiger partial charge in [-0.25, -0.2) is 4.79 Å². The number of imide groups is 1. The number of nitrogens with one attached hydrogen (secondary N) is 1. The maximum Gasteiger partial charge on any atom is 0.325 e. The zero-order valence-corrected chi connectivity index (χ0v) is 19.9. The minimum atomic E-state index is -0.835. The van der Waals surface area contributed by atoms with Gasteiger partial charge in [0.15, 0.2) is 0 Å². The number of halogens is 1. The molecule has 4 amide bonds. The van der Waals surface area contributed by atoms with Crippen LogP contribution in [0.1, 0.15) is 58.4 Å². The van der Waals surface area contributed by atoms with E-state index >= 15 is 0 Å². The van der Waals surface area contributed by atoms with Crippen molar-refractivity contribution in [2.24, 2.45) is 11.3 Å². The Hall–Kier alpha value is -1.89. The lowest BCUT2D eigenvalue weighted by Gasteiger charge is -2.42. The van der Waals surface area contributed by atoms with Gasteiger partial charge in [-0.2, -0.15) is 0 Å². The van der Waals surface area contributed by atoms with Gasteiger partial charge in [-0.05, 0) is 48.6 Å². The molecular formula is C23H32BrN3O3. The van der Waals surface area contributed by atoms with Crippen molar-refractivity contribution in [1.29, 1.82) is 0 Å². The minimum Gasteiger partial charge on any atom is -0.340 e. The van der Waals surface area contributed by atoms with Crippen LogP contribution in [-0.4, -0.2) is 46.8 Å². The van der Waals surface area contributed by atoms with Crippen LogP contribution in [-0.2, 0) is 16.1 Å². The van der Waals surface area contributed by atoms with Crippen molar-refractivity contribution < 1.29 is 14.4 Å². The molecule has 1 N–H and O–H groups in total. The second kappa shape index (κ2) is 8.69. The second-order valence-electron chi connectivity index (χ2n) is 9.36. The molecule has 1 aromatic rings. The Morgan fingerprint density at radius 2 is 1.90 bits per heavy atom. The lowest BCUT2D eigenvalue weighted by atomic mass is 9.65. The molecular weight excluding hydrogens is 446 g/mol. The van der Waals surface area contributed by atoms with Gasteiger partial charge in [0.25, 0.3) is 5.91 Å². The molecule has 1 aliphatic heterocycles. The monoisotopic (exact) mass is 477 g/mol. The van der Waals surface area contributed by atoms with Crippen LogP contribution in [0.2, 0.25) is 0 Å². The average Bonchev–Trinajstić information content (AvgIpc) is 2.94. The highest BCUT2D eigenvalue weighted by Gasteiger charge is 2.53. The summed E-state index contributed by atoms with van der Waals surface area (Å²) in [6.45, 7) is 6.93. The number of rotatable bonds is 6. The van der Waals surface area contributed by atoms with E-state index < -0.39 is 11.6 Å². The van der Waals surface area contributed by atoms with E-state index in [0.717, 1.165) is 34.2 Å². The lowest BCUT2D eigenvalue weighted by Crippen LogP contribution is -2.51. The number of carbonyl (C=O) groups excluding carboxylic acids is 3. The Bertz CT molecular complexity index is 831. The molecule has 1 heterocycles. The van der Waals surface area contributed by atoms with E-state index in [1.807, 2.05) is 24.3 Å². The summed E-state index contributed by atoms with van der Waals surface area (Å²) < 4.78 is 0.922. The van der Waals surface area contributed by atoms with E-state index in [-0.39, 0.29) is 23.8 Å². The molecule has 1 aromatic carbocycles. The molecule has 7 heteroatoms. The van der Waals surface area contributed by atoms with Gasteiger partial charge in [0.05, 0.1) is 0 Å². The Labute approximate surface area is 187 Å². The predicted molar refractivity (Wildman–Crippen MR) is 120 cm³/mol. The number of carbonyl (C=O) groups is 3. The van der Waals surface area contributed by atoms with E-state index in [1.165, 1.54) is 0 Å². The van der Waals surface area contributed by atoms with Crippen molar-refractivity contribution in [3.05, 3.63) is 34.3 Å². The summed E-state index contributed by atoms with van der Waals surface area (Å²) in [5.74, 6) is 0.0407. The maximum absolute atomic E-state index is 13.2. The number of hydrogen-bond acceptors (Lipinski definition) is 3. The summed E-state index contributed by atoms with van der Waals surface area (Å²) in [6, 6.07) is 7.24. The molecule has 30 heavy (non-hydrogen) atoms. The van der Waals surface area contributed by atoms with Crippen molar-refractivity contribution in [3.63, 3.8) is 0 Å². The summed E-state index contributed by atoms with van der Waals surface area (Å²) in [4.78, 5) is 41.1. The van der Waals surface area contributed by atoms with Crippen molar-refractivity contribution in [1.82, 2.24) is 15.1 Å². The van der Waals surface area contributed by atoms with E-state index in [4.69, 9.17) is 0 Å². The molecule has 1 aliphatic carbocycles. The first-order valence-electron chi connectivity index (χ1n) is 10.7. The number of amides is 4. The molecule has 0 radical (unpaired) electrons. The smallest absolute Gasteiger partial charge is 0.325 e. The summed E-state index contributed by atoms with van der Waals surface area (Å²) >= 11 is 3.49. The van der Waals surface area contributed by atoms with Crippen LogP contribution in [0.4, 0.5) is 4.79 Å². The third-order valence-corrected chi connectivity index (χ3v) is 7.96. The molecule has 6 nitrogen and oxygen atoms in total. The van der Waals surface area contributed by atoms with Crippen LogP contribution < -0.4 is 5.32 Å². The summed E-state index contributed by atoms with van der Waals surface area (Å²) in [7, 11) is 1.69. The topological polar surface area (TPSA) is 69.7 Å². The van der Waals surface area contributed by atoms with Crippen molar-refractivity contribution in [2.75, 3.05) is 13.6 Å². The standard InChI is InChI=1S/C23H32BrN3O3/c1-5-22(2,3)17-10-12-23(13-11-17)20(29)27(21(30)25-23)15-19(28)26(4)14-16-8-6-7-9-18(16)24/h6-9,17H,5,10-15H2,1-4H3,(H,25,30). The van der Waals surface area contributed by atoms with E-state index in [2.05, 4.69) is 42.0 Å². The van der Waals surface area contributed by atoms with Crippen LogP contribution in [0, 0.1) is 11.3 Å². The number of nitrogens with zero attached hydrogens (tertiary/aromatic N) is 2. The predicted octanol–water partition coefficient (Wildman–Crippen LogP) is 4.32. The van der Waals surface area contributed by atoms with Gasteiger partial charge in [0, 0.05) is 18.1 Å². The van der Waals surface area contributed by atoms with E-state index in [1.54, 1.807) is 11.9 Å². The van der Waals surface area contributed by atoms with Gasteiger partial charge in [-0.3, -0.25) is 14.5 Å². The largest absolute Gasteiger partial charge is 0.340 e. The molecule has 1 spiro atoms. The first-order valence-corrected chi connectivity index (χ1v) is 11.5. The zero-order valence-electron chi connectivity index (χ0n) is 18.3. The maximum atomic E-state index is 13.2. The number of likely N-dealkylation sites (N-methyl/N-ethyl adjacent to an activating group) is 1. The molecule has 0 atom stereocenters. The average molecular weight is 478 g/mol. The zero-order chi connectivity index (χ0) is 22.1. The summed E-state index contributed by atoms with van der Waals surface area (Å²) in [5.41, 5.74) is 0.370. The van der Waals surface area contributed by atoms with Crippen LogP contribution in [0.25, 0.3) is 0 Å². The molecule has 0 unspecified atom stereocenters. The van der Waals surface area contributed by atoms with E-state index in [9.17, 15) is 14.4 Å². The van der Waals surface area contributed by atoms with Crippen LogP contribution in [0.3, 0.4) is 0 Å². The number of urea groups is 1. The Balaban J connectivity index is 1.63. The van der Waals surface area contributed by atoms with Crippen molar-refractivity contribution in [2.45, 2.75) is 65.0 Å². The van der Waals surface area contributed by atoms with Gasteiger partial charge in [0.1, 0.15) is 12.1 Å². The number of benzene rings is 1. The van der Waals surface area contributed by atoms with Gasteiger partial charge >= 0.3 is 6.03 Å². The van der Waals surface area contributed by atoms with Crippen LogP contribution in [0.5, 0.6) is 0 Å². The van der Waals surface area contributed by atoms with Gasteiger partial charge in [0.2, 0.25) is 5.91 Å². The summed E-state index contributed by atoms with van der Waals surface area (Å²) in [6.07, 6.45) is 4.20. The molecule has 1 saturated heterocycles. The third-order valence-electron chi connectivity index (χ3n) is 7.19. The summed E-state index contributed by atoms with van der Waals surface area (Å²) in [5, 5.41) is 2.92. The number of hydrogen-bond donors (Lipinski definition) is 1. The van der Waals surface area contributed by atoms with Gasteiger partial charge < -0.3 is 10.2 Å². The highest BCUT2D eigenvalue weighted by atomic mass is 79.9. The highest BCUT2D eigenvalue weighted by molar-refractivity contribution is 9.10. The molecule has 2 aliphatic rings. The van der Waals surface area contributed by atoms with Gasteiger partial charge in [-0.1, -0.05) is 61.3 Å². The molecule has 2 fully saturated rings. The van der Waals surface area contributed by atoms with Crippen LogP contribution in [0.15, 0.2) is 28.7 Å². The fourth-order valence-corrected chi connectivity index (χ4v) is 4.98. The Morgan fingerprint density at radius 3 is 2.50 bits per heavy atom. The quantitative estimate of drug-likeness (QED) is 0.619. The first-order chi connectivity index (χ1) is 14.1. The minimum absolute atomic E-state index is 0.225. The Morgan fingerprint density at radius 1 is 1.27 bits per heavy atom. The third kappa shape index (κ3) is 4.41. The first kappa shape index (κ1) is 22.8. The van der Waals surface area contributed by atoms with Gasteiger partial charge in [-0.15, -0.1) is 0 Å². The molecule has 0 aromatic heterocycles. The molecule has 1 saturated carbocycles. The molecule has 0 bridgehead atoms. The fourth-order valence-electron chi connectivity index (χ4n) is 4.57. The van der Waals surface area contributed by atoms with Crippen LogP contribution >= 0.6 is 15.9 Å². The molecule has 3 rings (SSSR count). The highest BCUT2D eigenvalue weighted by Crippen LogP contribution is 2.45.